The van der Waals surface area contributed by atoms with Crippen LogP contribution in [0.25, 0.3) is 0 Å². The molecule has 3 nitrogen and oxygen atoms in total. The Bertz CT molecular complexity index is 574. The fourth-order valence-electron chi connectivity index (χ4n) is 2.73. The average molecular weight is 385 g/mol. The Kier molecular flexibility index (Phi) is 5.62. The third-order valence-corrected chi connectivity index (χ3v) is 6.47. The van der Waals surface area contributed by atoms with Crippen LogP contribution in [-0.2, 0) is 4.79 Å². The molecule has 1 amide bonds. The van der Waals surface area contributed by atoms with E-state index in [1.807, 2.05) is 4.90 Å². The van der Waals surface area contributed by atoms with Crippen LogP contribution in [0.15, 0.2) is 21.5 Å². The van der Waals surface area contributed by atoms with Crippen LogP contribution in [0.1, 0.15) is 31.4 Å². The third-order valence-electron chi connectivity index (χ3n) is 4.47. The molecule has 1 fully saturated rings. The minimum absolute atomic E-state index is 0.00267. The second kappa shape index (κ2) is 6.93. The zero-order chi connectivity index (χ0) is 16.5. The molecule has 0 aromatic heterocycles. The topological polar surface area (TPSA) is 46.3 Å². The van der Waals surface area contributed by atoms with E-state index >= 15 is 0 Å². The lowest BCUT2D eigenvalue weighted by Crippen LogP contribution is -2.54. The molecule has 0 aliphatic carbocycles. The van der Waals surface area contributed by atoms with Gasteiger partial charge >= 0.3 is 0 Å². The average Bonchev–Trinajstić information content (AvgIpc) is 2.44. The highest BCUT2D eigenvalue weighted by Gasteiger charge is 2.35. The molecule has 0 bridgehead atoms. The first-order valence-electron chi connectivity index (χ1n) is 7.63. The summed E-state index contributed by atoms with van der Waals surface area (Å²) in [6.07, 6.45) is 0.889. The molecular formula is C17H25BrN2OS. The van der Waals surface area contributed by atoms with Crippen LogP contribution in [0.4, 0.5) is 0 Å². The molecule has 22 heavy (non-hydrogen) atoms. The number of likely N-dealkylation sites (tertiary alicyclic amines) is 1. The van der Waals surface area contributed by atoms with Crippen molar-refractivity contribution in [1.82, 2.24) is 4.90 Å². The van der Waals surface area contributed by atoms with Gasteiger partial charge in [-0.2, -0.15) is 0 Å². The minimum atomic E-state index is 0.00267. The number of thioether (sulfide) groups is 1. The fourth-order valence-corrected chi connectivity index (χ4v) is 4.19. The van der Waals surface area contributed by atoms with Crippen molar-refractivity contribution in [2.75, 3.05) is 18.8 Å². The summed E-state index contributed by atoms with van der Waals surface area (Å²) in [6.45, 7) is 9.98. The molecule has 0 spiro atoms. The molecule has 1 aromatic carbocycles. The molecule has 2 rings (SSSR count). The number of amides is 1. The molecular weight excluding hydrogens is 360 g/mol. The zero-order valence-corrected chi connectivity index (χ0v) is 16.2. The Labute approximate surface area is 146 Å². The van der Waals surface area contributed by atoms with E-state index in [0.29, 0.717) is 5.75 Å². The van der Waals surface area contributed by atoms with Crippen molar-refractivity contribution in [2.24, 2.45) is 11.1 Å². The van der Waals surface area contributed by atoms with Gasteiger partial charge in [0.05, 0.1) is 5.75 Å². The number of nitrogens with zero attached hydrogens (tertiary/aromatic N) is 1. The van der Waals surface area contributed by atoms with Crippen LogP contribution in [0.2, 0.25) is 0 Å². The number of rotatable bonds is 3. The number of carbonyl (C=O) groups excluding carboxylic acids is 1. The Morgan fingerprint density at radius 3 is 2.73 bits per heavy atom. The summed E-state index contributed by atoms with van der Waals surface area (Å²) in [5.41, 5.74) is 8.55. The summed E-state index contributed by atoms with van der Waals surface area (Å²) in [6, 6.07) is 4.44. The number of carbonyl (C=O) groups is 1. The van der Waals surface area contributed by atoms with Gasteiger partial charge in [-0.15, -0.1) is 11.8 Å². The van der Waals surface area contributed by atoms with Gasteiger partial charge in [0.2, 0.25) is 5.91 Å². The number of benzene rings is 1. The monoisotopic (exact) mass is 384 g/mol. The molecule has 1 atom stereocenters. The summed E-state index contributed by atoms with van der Waals surface area (Å²) >= 11 is 5.17. The van der Waals surface area contributed by atoms with Crippen LogP contribution >= 0.6 is 27.7 Å². The van der Waals surface area contributed by atoms with Gasteiger partial charge in [0.15, 0.2) is 0 Å². The number of aryl methyl sites for hydroxylation is 2. The van der Waals surface area contributed by atoms with Gasteiger partial charge in [0, 0.05) is 28.5 Å². The van der Waals surface area contributed by atoms with Crippen molar-refractivity contribution < 1.29 is 4.79 Å². The highest BCUT2D eigenvalue weighted by Crippen LogP contribution is 2.31. The molecule has 1 saturated heterocycles. The summed E-state index contributed by atoms with van der Waals surface area (Å²) in [7, 11) is 0. The lowest BCUT2D eigenvalue weighted by Gasteiger charge is -2.42. The predicted octanol–water partition coefficient (Wildman–Crippen LogP) is 3.74. The van der Waals surface area contributed by atoms with Crippen LogP contribution in [0.3, 0.4) is 0 Å². The fraction of sp³-hybridized carbons (Fsp3) is 0.588. The number of nitrogens with two attached hydrogens (primary N) is 1. The molecule has 1 aliphatic heterocycles. The van der Waals surface area contributed by atoms with Gasteiger partial charge in [-0.25, -0.2) is 0 Å². The molecule has 1 aromatic rings. The van der Waals surface area contributed by atoms with Crippen molar-refractivity contribution in [1.29, 1.82) is 0 Å². The maximum absolute atomic E-state index is 12.5. The van der Waals surface area contributed by atoms with E-state index in [2.05, 4.69) is 55.8 Å². The lowest BCUT2D eigenvalue weighted by atomic mass is 9.80. The van der Waals surface area contributed by atoms with E-state index < -0.39 is 0 Å². The molecule has 5 heteroatoms. The second-order valence-corrected chi connectivity index (χ2v) is 8.73. The predicted molar refractivity (Wildman–Crippen MR) is 97.3 cm³/mol. The van der Waals surface area contributed by atoms with Gasteiger partial charge in [0.25, 0.3) is 0 Å². The lowest BCUT2D eigenvalue weighted by molar-refractivity contribution is -0.131. The first kappa shape index (κ1) is 17.8. The Hall–Kier alpha value is -0.520. The van der Waals surface area contributed by atoms with Gasteiger partial charge in [-0.05, 0) is 48.9 Å². The SMILES string of the molecule is Cc1cc(SCC(=O)N2CCC(N)C(C)(C)C2)c(C)cc1Br. The number of halogens is 1. The molecule has 1 aliphatic rings. The van der Waals surface area contributed by atoms with Gasteiger partial charge in [-0.3, -0.25) is 4.79 Å². The van der Waals surface area contributed by atoms with E-state index in [1.165, 1.54) is 16.0 Å². The molecule has 1 heterocycles. The zero-order valence-electron chi connectivity index (χ0n) is 13.8. The van der Waals surface area contributed by atoms with E-state index in [0.717, 1.165) is 24.0 Å². The molecule has 2 N–H and O–H groups in total. The van der Waals surface area contributed by atoms with Crippen molar-refractivity contribution >= 4 is 33.6 Å². The highest BCUT2D eigenvalue weighted by atomic mass is 79.9. The Morgan fingerprint density at radius 1 is 1.41 bits per heavy atom. The first-order chi connectivity index (χ1) is 10.2. The maximum Gasteiger partial charge on any atom is 0.232 e. The molecule has 122 valence electrons. The van der Waals surface area contributed by atoms with Crippen LogP contribution in [0, 0.1) is 19.3 Å². The summed E-state index contributed by atoms with van der Waals surface area (Å²) < 4.78 is 1.12. The number of hydrogen-bond donors (Lipinski definition) is 1. The van der Waals surface area contributed by atoms with E-state index in [1.54, 1.807) is 11.8 Å². The van der Waals surface area contributed by atoms with E-state index in [9.17, 15) is 4.79 Å². The number of hydrogen-bond acceptors (Lipinski definition) is 3. The van der Waals surface area contributed by atoms with Gasteiger partial charge < -0.3 is 10.6 Å². The van der Waals surface area contributed by atoms with Crippen molar-refractivity contribution in [2.45, 2.75) is 45.1 Å². The minimum Gasteiger partial charge on any atom is -0.341 e. The quantitative estimate of drug-likeness (QED) is 0.807. The van der Waals surface area contributed by atoms with Crippen LogP contribution in [0.5, 0.6) is 0 Å². The van der Waals surface area contributed by atoms with Crippen molar-refractivity contribution in [3.63, 3.8) is 0 Å². The highest BCUT2D eigenvalue weighted by molar-refractivity contribution is 9.10. The van der Waals surface area contributed by atoms with Crippen LogP contribution < -0.4 is 5.73 Å². The molecule has 0 radical (unpaired) electrons. The van der Waals surface area contributed by atoms with Crippen LogP contribution in [-0.4, -0.2) is 35.7 Å². The maximum atomic E-state index is 12.5. The summed E-state index contributed by atoms with van der Waals surface area (Å²) in [5, 5.41) is 0. The largest absolute Gasteiger partial charge is 0.341 e. The van der Waals surface area contributed by atoms with Gasteiger partial charge in [0.1, 0.15) is 0 Å². The van der Waals surface area contributed by atoms with E-state index in [-0.39, 0.29) is 17.4 Å². The standard InChI is InChI=1S/C17H25BrN2OS/c1-11-8-14(12(2)7-13(11)18)22-9-16(21)20-6-5-15(19)17(3,4)10-20/h7-8,15H,5-6,9-10,19H2,1-4H3. The second-order valence-electron chi connectivity index (χ2n) is 6.85. The molecule has 1 unspecified atom stereocenters. The molecule has 0 saturated carbocycles. The van der Waals surface area contributed by atoms with Gasteiger partial charge in [-0.1, -0.05) is 29.8 Å². The first-order valence-corrected chi connectivity index (χ1v) is 9.41. The van der Waals surface area contributed by atoms with Crippen molar-refractivity contribution in [3.05, 3.63) is 27.7 Å². The number of piperidine rings is 1. The normalized spacial score (nSPS) is 21.0. The smallest absolute Gasteiger partial charge is 0.232 e. The summed E-state index contributed by atoms with van der Waals surface area (Å²) in [4.78, 5) is 15.6. The Balaban J connectivity index is 1.97. The summed E-state index contributed by atoms with van der Waals surface area (Å²) in [5.74, 6) is 0.706. The van der Waals surface area contributed by atoms with E-state index in [4.69, 9.17) is 5.73 Å². The Morgan fingerprint density at radius 2 is 2.09 bits per heavy atom. The third kappa shape index (κ3) is 4.06. The van der Waals surface area contributed by atoms with Crippen molar-refractivity contribution in [3.8, 4) is 0 Å².